The lowest BCUT2D eigenvalue weighted by Crippen LogP contribution is -2.14. The zero-order chi connectivity index (χ0) is 14.5. The molecule has 0 unspecified atom stereocenters. The first-order chi connectivity index (χ1) is 9.61. The molecule has 1 fully saturated rings. The normalized spacial score (nSPS) is 22.8. The molecule has 1 aromatic rings. The molecule has 0 aliphatic heterocycles. The van der Waals surface area contributed by atoms with Gasteiger partial charge in [0.25, 0.3) is 0 Å². The molecule has 0 saturated heterocycles. The Hall–Kier alpha value is -1.18. The van der Waals surface area contributed by atoms with Crippen LogP contribution in [-0.4, -0.2) is 5.78 Å². The van der Waals surface area contributed by atoms with Crippen molar-refractivity contribution in [3.63, 3.8) is 0 Å². The van der Waals surface area contributed by atoms with Gasteiger partial charge < -0.3 is 0 Å². The van der Waals surface area contributed by atoms with Crippen molar-refractivity contribution in [3.8, 4) is 0 Å². The standard InChI is InChI=1S/C18H25FO/c1-3-4-5-14-6-8-15(9-7-14)16-10-11-17(13(2)20)18(19)12-16/h10-12,14-15H,3-9H2,1-2H3/t14-,15-. The predicted molar refractivity (Wildman–Crippen MR) is 80.6 cm³/mol. The highest BCUT2D eigenvalue weighted by atomic mass is 19.1. The second-order valence-corrected chi connectivity index (χ2v) is 6.16. The maximum Gasteiger partial charge on any atom is 0.162 e. The summed E-state index contributed by atoms with van der Waals surface area (Å²) in [6, 6.07) is 5.17. The number of carbonyl (C=O) groups excluding carboxylic acids is 1. The molecule has 0 atom stereocenters. The van der Waals surface area contributed by atoms with E-state index in [-0.39, 0.29) is 17.2 Å². The topological polar surface area (TPSA) is 17.1 Å². The van der Waals surface area contributed by atoms with Gasteiger partial charge in [-0.2, -0.15) is 0 Å². The van der Waals surface area contributed by atoms with E-state index in [2.05, 4.69) is 6.92 Å². The number of carbonyl (C=O) groups is 1. The van der Waals surface area contributed by atoms with E-state index in [9.17, 15) is 9.18 Å². The van der Waals surface area contributed by atoms with E-state index in [4.69, 9.17) is 0 Å². The summed E-state index contributed by atoms with van der Waals surface area (Å²) >= 11 is 0. The number of hydrogen-bond donors (Lipinski definition) is 0. The zero-order valence-corrected chi connectivity index (χ0v) is 12.6. The maximum absolute atomic E-state index is 13.9. The van der Waals surface area contributed by atoms with Crippen LogP contribution in [-0.2, 0) is 0 Å². The van der Waals surface area contributed by atoms with Gasteiger partial charge in [-0.1, -0.05) is 32.3 Å². The van der Waals surface area contributed by atoms with Crippen LogP contribution in [0.2, 0.25) is 0 Å². The summed E-state index contributed by atoms with van der Waals surface area (Å²) < 4.78 is 13.9. The Morgan fingerprint density at radius 1 is 1.25 bits per heavy atom. The molecule has 0 bridgehead atoms. The molecule has 1 aliphatic carbocycles. The molecule has 1 saturated carbocycles. The monoisotopic (exact) mass is 276 g/mol. The van der Waals surface area contributed by atoms with E-state index in [1.54, 1.807) is 12.1 Å². The van der Waals surface area contributed by atoms with Crippen LogP contribution in [0.25, 0.3) is 0 Å². The van der Waals surface area contributed by atoms with E-state index in [0.29, 0.717) is 5.92 Å². The molecule has 0 aromatic heterocycles. The van der Waals surface area contributed by atoms with Crippen molar-refractivity contribution in [2.24, 2.45) is 5.92 Å². The third kappa shape index (κ3) is 3.68. The minimum Gasteiger partial charge on any atom is -0.294 e. The number of unbranched alkanes of at least 4 members (excludes halogenated alkanes) is 1. The first-order valence-corrected chi connectivity index (χ1v) is 7.92. The van der Waals surface area contributed by atoms with Gasteiger partial charge in [0.05, 0.1) is 5.56 Å². The highest BCUT2D eigenvalue weighted by Crippen LogP contribution is 2.38. The Morgan fingerprint density at radius 2 is 1.95 bits per heavy atom. The fraction of sp³-hybridized carbons (Fsp3) is 0.611. The lowest BCUT2D eigenvalue weighted by atomic mass is 9.77. The van der Waals surface area contributed by atoms with Crippen LogP contribution in [0.4, 0.5) is 4.39 Å². The SMILES string of the molecule is CCCC[C@H]1CC[C@H](c2ccc(C(C)=O)c(F)c2)CC1. The Bertz CT molecular complexity index is 458. The molecule has 2 rings (SSSR count). The van der Waals surface area contributed by atoms with Gasteiger partial charge in [0.2, 0.25) is 0 Å². The van der Waals surface area contributed by atoms with Crippen molar-refractivity contribution in [1.82, 2.24) is 0 Å². The predicted octanol–water partition coefficient (Wildman–Crippen LogP) is 5.49. The number of hydrogen-bond acceptors (Lipinski definition) is 1. The summed E-state index contributed by atoms with van der Waals surface area (Å²) in [4.78, 5) is 11.3. The van der Waals surface area contributed by atoms with Gasteiger partial charge in [-0.05, 0) is 62.1 Å². The summed E-state index contributed by atoms with van der Waals surface area (Å²) in [5.41, 5.74) is 1.28. The van der Waals surface area contributed by atoms with Gasteiger partial charge in [-0.15, -0.1) is 0 Å². The Balaban J connectivity index is 1.97. The van der Waals surface area contributed by atoms with Crippen molar-refractivity contribution in [1.29, 1.82) is 0 Å². The molecule has 0 N–H and O–H groups in total. The fourth-order valence-corrected chi connectivity index (χ4v) is 3.35. The first-order valence-electron chi connectivity index (χ1n) is 7.92. The molecule has 0 heterocycles. The van der Waals surface area contributed by atoms with E-state index in [0.717, 1.165) is 24.3 Å². The Morgan fingerprint density at radius 3 is 2.50 bits per heavy atom. The van der Waals surface area contributed by atoms with Gasteiger partial charge in [-0.25, -0.2) is 4.39 Å². The summed E-state index contributed by atoms with van der Waals surface area (Å²) in [5, 5.41) is 0. The summed E-state index contributed by atoms with van der Waals surface area (Å²) in [5.74, 6) is 0.788. The molecule has 20 heavy (non-hydrogen) atoms. The molecule has 0 amide bonds. The van der Waals surface area contributed by atoms with Crippen LogP contribution in [0.15, 0.2) is 18.2 Å². The summed E-state index contributed by atoms with van der Waals surface area (Å²) in [6.07, 6.45) is 8.80. The zero-order valence-electron chi connectivity index (χ0n) is 12.6. The number of ketones is 1. The van der Waals surface area contributed by atoms with Gasteiger partial charge in [-0.3, -0.25) is 4.79 Å². The summed E-state index contributed by atoms with van der Waals surface area (Å²) in [6.45, 7) is 3.65. The molecular formula is C18H25FO. The second-order valence-electron chi connectivity index (χ2n) is 6.16. The quantitative estimate of drug-likeness (QED) is 0.650. The lowest BCUT2D eigenvalue weighted by Gasteiger charge is -2.29. The van der Waals surface area contributed by atoms with Crippen molar-refractivity contribution < 1.29 is 9.18 Å². The number of rotatable bonds is 5. The third-order valence-corrected chi connectivity index (χ3v) is 4.66. The largest absolute Gasteiger partial charge is 0.294 e. The van der Waals surface area contributed by atoms with Gasteiger partial charge in [0, 0.05) is 0 Å². The second kappa shape index (κ2) is 7.01. The van der Waals surface area contributed by atoms with Crippen molar-refractivity contribution in [2.75, 3.05) is 0 Å². The fourth-order valence-electron chi connectivity index (χ4n) is 3.35. The Labute approximate surface area is 121 Å². The minimum atomic E-state index is -0.358. The third-order valence-electron chi connectivity index (χ3n) is 4.66. The average molecular weight is 276 g/mol. The van der Waals surface area contributed by atoms with E-state index in [1.807, 2.05) is 6.07 Å². The number of benzene rings is 1. The first kappa shape index (κ1) is 15.2. The van der Waals surface area contributed by atoms with Gasteiger partial charge >= 0.3 is 0 Å². The highest BCUT2D eigenvalue weighted by Gasteiger charge is 2.22. The smallest absolute Gasteiger partial charge is 0.162 e. The van der Waals surface area contributed by atoms with E-state index < -0.39 is 0 Å². The molecule has 1 nitrogen and oxygen atoms in total. The molecular weight excluding hydrogens is 251 g/mol. The van der Waals surface area contributed by atoms with Crippen molar-refractivity contribution in [2.45, 2.75) is 64.7 Å². The molecule has 2 heteroatoms. The van der Waals surface area contributed by atoms with Crippen LogP contribution in [0.1, 0.15) is 80.6 Å². The van der Waals surface area contributed by atoms with Crippen LogP contribution in [0.5, 0.6) is 0 Å². The van der Waals surface area contributed by atoms with Gasteiger partial charge in [0.15, 0.2) is 5.78 Å². The lowest BCUT2D eigenvalue weighted by molar-refractivity contribution is 0.101. The summed E-state index contributed by atoms with van der Waals surface area (Å²) in [7, 11) is 0. The van der Waals surface area contributed by atoms with Crippen molar-refractivity contribution >= 4 is 5.78 Å². The van der Waals surface area contributed by atoms with Crippen LogP contribution in [0.3, 0.4) is 0 Å². The molecule has 0 spiro atoms. The van der Waals surface area contributed by atoms with Gasteiger partial charge in [0.1, 0.15) is 5.82 Å². The van der Waals surface area contributed by atoms with Crippen LogP contribution >= 0.6 is 0 Å². The molecule has 110 valence electrons. The number of halogens is 1. The molecule has 0 radical (unpaired) electrons. The van der Waals surface area contributed by atoms with Crippen LogP contribution < -0.4 is 0 Å². The maximum atomic E-state index is 13.9. The van der Waals surface area contributed by atoms with E-state index >= 15 is 0 Å². The highest BCUT2D eigenvalue weighted by molar-refractivity contribution is 5.94. The molecule has 1 aromatic carbocycles. The van der Waals surface area contributed by atoms with E-state index in [1.165, 1.54) is 39.0 Å². The Kier molecular flexibility index (Phi) is 5.33. The molecule has 1 aliphatic rings. The number of Topliss-reactive ketones (excluding diaryl/α,β-unsaturated/α-hetero) is 1. The average Bonchev–Trinajstić information content (AvgIpc) is 2.45. The minimum absolute atomic E-state index is 0.197. The van der Waals surface area contributed by atoms with Crippen molar-refractivity contribution in [3.05, 3.63) is 35.1 Å². The van der Waals surface area contributed by atoms with Crippen LogP contribution in [0, 0.1) is 11.7 Å².